The molecule has 0 aromatic heterocycles. The van der Waals surface area contributed by atoms with Gasteiger partial charge in [0.25, 0.3) is 5.91 Å². The van der Waals surface area contributed by atoms with Crippen LogP contribution in [0.25, 0.3) is 0 Å². The van der Waals surface area contributed by atoms with Gasteiger partial charge in [-0.2, -0.15) is 0 Å². The predicted molar refractivity (Wildman–Crippen MR) is 114 cm³/mol. The Labute approximate surface area is 179 Å². The first-order chi connectivity index (χ1) is 13.3. The van der Waals surface area contributed by atoms with Crippen LogP contribution in [0.1, 0.15) is 26.3 Å². The fraction of sp³-hybridized carbons (Fsp3) is 0.333. The Morgan fingerprint density at radius 1 is 1.14 bits per heavy atom. The second-order valence-corrected chi connectivity index (χ2v) is 8.03. The zero-order chi connectivity index (χ0) is 20.7. The molecule has 0 fully saturated rings. The Kier molecular flexibility index (Phi) is 8.33. The highest BCUT2D eigenvalue weighted by Gasteiger charge is 2.27. The highest BCUT2D eigenvalue weighted by atomic mass is 79.9. The predicted octanol–water partition coefficient (Wildman–Crippen LogP) is 4.42. The zero-order valence-electron chi connectivity index (χ0n) is 16.1. The minimum Gasteiger partial charge on any atom is -0.482 e. The van der Waals surface area contributed by atoms with Crippen molar-refractivity contribution in [3.8, 4) is 5.75 Å². The van der Waals surface area contributed by atoms with E-state index in [1.54, 1.807) is 25.1 Å². The van der Waals surface area contributed by atoms with Crippen molar-refractivity contribution in [3.63, 3.8) is 0 Å². The van der Waals surface area contributed by atoms with Crippen LogP contribution in [0.3, 0.4) is 0 Å². The number of hydrogen-bond acceptors (Lipinski definition) is 3. The summed E-state index contributed by atoms with van der Waals surface area (Å²) in [4.78, 5) is 26.9. The topological polar surface area (TPSA) is 58.6 Å². The fourth-order valence-corrected chi connectivity index (χ4v) is 3.31. The Bertz CT molecular complexity index is 815. The summed E-state index contributed by atoms with van der Waals surface area (Å²) in [5, 5.41) is 3.26. The van der Waals surface area contributed by atoms with Crippen LogP contribution in [-0.4, -0.2) is 35.4 Å². The van der Waals surface area contributed by atoms with E-state index in [2.05, 4.69) is 21.2 Å². The molecule has 7 heteroatoms. The average molecular weight is 468 g/mol. The molecule has 0 saturated heterocycles. The normalized spacial score (nSPS) is 11.8. The second-order valence-electron chi connectivity index (χ2n) is 6.71. The van der Waals surface area contributed by atoms with Crippen LogP contribution in [0, 0.1) is 0 Å². The van der Waals surface area contributed by atoms with Gasteiger partial charge in [0, 0.05) is 17.1 Å². The number of nitrogens with one attached hydrogen (secondary N) is 1. The Hall–Kier alpha value is -2.05. The molecule has 0 aliphatic heterocycles. The monoisotopic (exact) mass is 466 g/mol. The lowest BCUT2D eigenvalue weighted by Crippen LogP contribution is -2.50. The summed E-state index contributed by atoms with van der Waals surface area (Å²) >= 11 is 9.48. The number of nitrogens with zero attached hydrogens (tertiary/aromatic N) is 1. The zero-order valence-corrected chi connectivity index (χ0v) is 18.5. The molecule has 150 valence electrons. The third-order valence-corrected chi connectivity index (χ3v) is 4.83. The smallest absolute Gasteiger partial charge is 0.261 e. The van der Waals surface area contributed by atoms with Crippen LogP contribution < -0.4 is 10.1 Å². The average Bonchev–Trinajstić information content (AvgIpc) is 2.65. The number of hydrogen-bond donors (Lipinski definition) is 1. The summed E-state index contributed by atoms with van der Waals surface area (Å²) in [6, 6.07) is 14.1. The molecular weight excluding hydrogens is 444 g/mol. The van der Waals surface area contributed by atoms with Crippen molar-refractivity contribution in [3.05, 3.63) is 63.6 Å². The van der Waals surface area contributed by atoms with E-state index in [-0.39, 0.29) is 24.5 Å². The van der Waals surface area contributed by atoms with E-state index < -0.39 is 6.04 Å². The van der Waals surface area contributed by atoms with E-state index in [1.807, 2.05) is 44.2 Å². The number of carbonyl (C=O) groups is 2. The lowest BCUT2D eigenvalue weighted by atomic mass is 10.1. The van der Waals surface area contributed by atoms with Gasteiger partial charge in [0.05, 0.1) is 5.02 Å². The van der Waals surface area contributed by atoms with E-state index >= 15 is 0 Å². The number of rotatable bonds is 8. The van der Waals surface area contributed by atoms with Crippen LogP contribution in [0.15, 0.2) is 53.0 Å². The molecule has 0 bridgehead atoms. The van der Waals surface area contributed by atoms with E-state index in [4.69, 9.17) is 16.3 Å². The van der Waals surface area contributed by atoms with Gasteiger partial charge < -0.3 is 15.0 Å². The molecule has 0 heterocycles. The number of amides is 2. The summed E-state index contributed by atoms with van der Waals surface area (Å²) < 4.78 is 6.43. The molecule has 2 aromatic carbocycles. The molecule has 28 heavy (non-hydrogen) atoms. The van der Waals surface area contributed by atoms with Crippen LogP contribution >= 0.6 is 27.5 Å². The third kappa shape index (κ3) is 6.53. The maximum atomic E-state index is 12.9. The first kappa shape index (κ1) is 22.2. The van der Waals surface area contributed by atoms with Gasteiger partial charge in [-0.05, 0) is 44.5 Å². The SMILES string of the molecule is CC(C)NC(=O)[C@@H](C)N(Cc1ccccc1)C(=O)COc1ccc(Br)cc1Cl. The molecule has 0 spiro atoms. The van der Waals surface area contributed by atoms with Crippen molar-refractivity contribution in [2.45, 2.75) is 39.4 Å². The number of ether oxygens (including phenoxy) is 1. The van der Waals surface area contributed by atoms with Crippen LogP contribution in [0.5, 0.6) is 5.75 Å². The van der Waals surface area contributed by atoms with Gasteiger partial charge in [-0.3, -0.25) is 9.59 Å². The molecular formula is C21H24BrClN2O3. The molecule has 2 amide bonds. The summed E-state index contributed by atoms with van der Waals surface area (Å²) in [6.45, 7) is 5.57. The molecule has 2 aromatic rings. The minimum absolute atomic E-state index is 0.0125. The van der Waals surface area contributed by atoms with E-state index in [9.17, 15) is 9.59 Å². The van der Waals surface area contributed by atoms with Gasteiger partial charge in [-0.25, -0.2) is 0 Å². The Balaban J connectivity index is 2.14. The van der Waals surface area contributed by atoms with Crippen LogP contribution in [0.4, 0.5) is 0 Å². The number of halogens is 2. The van der Waals surface area contributed by atoms with Gasteiger partial charge >= 0.3 is 0 Å². The van der Waals surface area contributed by atoms with Gasteiger partial charge in [0.15, 0.2) is 6.61 Å². The molecule has 0 unspecified atom stereocenters. The lowest BCUT2D eigenvalue weighted by Gasteiger charge is -2.29. The first-order valence-corrected chi connectivity index (χ1v) is 10.2. The molecule has 5 nitrogen and oxygen atoms in total. The minimum atomic E-state index is -0.640. The van der Waals surface area contributed by atoms with Gasteiger partial charge in [0.2, 0.25) is 5.91 Å². The first-order valence-electron chi connectivity index (χ1n) is 8.99. The van der Waals surface area contributed by atoms with Crippen LogP contribution in [-0.2, 0) is 16.1 Å². The Morgan fingerprint density at radius 3 is 2.43 bits per heavy atom. The van der Waals surface area contributed by atoms with E-state index in [1.165, 1.54) is 4.90 Å². The summed E-state index contributed by atoms with van der Waals surface area (Å²) in [6.07, 6.45) is 0. The molecule has 0 saturated carbocycles. The summed E-state index contributed by atoms with van der Waals surface area (Å²) in [5.41, 5.74) is 0.932. The maximum absolute atomic E-state index is 12.9. The summed E-state index contributed by atoms with van der Waals surface area (Å²) in [5.74, 6) is -0.0904. The Morgan fingerprint density at radius 2 is 1.82 bits per heavy atom. The van der Waals surface area contributed by atoms with Crippen molar-refractivity contribution in [1.29, 1.82) is 0 Å². The number of benzene rings is 2. The third-order valence-electron chi connectivity index (χ3n) is 4.04. The van der Waals surface area contributed by atoms with Gasteiger partial charge in [0.1, 0.15) is 11.8 Å². The van der Waals surface area contributed by atoms with Crippen molar-refractivity contribution < 1.29 is 14.3 Å². The fourth-order valence-electron chi connectivity index (χ4n) is 2.58. The van der Waals surface area contributed by atoms with Crippen molar-refractivity contribution >= 4 is 39.3 Å². The van der Waals surface area contributed by atoms with E-state index in [0.717, 1.165) is 10.0 Å². The molecule has 0 radical (unpaired) electrons. The highest BCUT2D eigenvalue weighted by molar-refractivity contribution is 9.10. The standard InChI is InChI=1S/C21H24BrClN2O3/c1-14(2)24-21(27)15(3)25(12-16-7-5-4-6-8-16)20(26)13-28-19-10-9-17(22)11-18(19)23/h4-11,14-15H,12-13H2,1-3H3,(H,24,27)/t15-/m1/s1. The molecule has 1 N–H and O–H groups in total. The quantitative estimate of drug-likeness (QED) is 0.625. The maximum Gasteiger partial charge on any atom is 0.261 e. The van der Waals surface area contributed by atoms with Gasteiger partial charge in [-0.1, -0.05) is 57.9 Å². The van der Waals surface area contributed by atoms with Crippen molar-refractivity contribution in [1.82, 2.24) is 10.2 Å². The lowest BCUT2D eigenvalue weighted by molar-refractivity contribution is -0.142. The van der Waals surface area contributed by atoms with Crippen molar-refractivity contribution in [2.24, 2.45) is 0 Å². The second kappa shape index (κ2) is 10.5. The highest BCUT2D eigenvalue weighted by Crippen LogP contribution is 2.27. The van der Waals surface area contributed by atoms with Crippen LogP contribution in [0.2, 0.25) is 5.02 Å². The number of carbonyl (C=O) groups excluding carboxylic acids is 2. The molecule has 0 aliphatic rings. The van der Waals surface area contributed by atoms with E-state index in [0.29, 0.717) is 17.3 Å². The molecule has 2 rings (SSSR count). The largest absolute Gasteiger partial charge is 0.482 e. The molecule has 1 atom stereocenters. The van der Waals surface area contributed by atoms with Gasteiger partial charge in [-0.15, -0.1) is 0 Å². The molecule has 0 aliphatic carbocycles. The summed E-state index contributed by atoms with van der Waals surface area (Å²) in [7, 11) is 0. The van der Waals surface area contributed by atoms with Crippen molar-refractivity contribution in [2.75, 3.05) is 6.61 Å².